The van der Waals surface area contributed by atoms with Crippen LogP contribution in [0.15, 0.2) is 33.0 Å². The van der Waals surface area contributed by atoms with Crippen molar-refractivity contribution in [2.24, 2.45) is 5.16 Å². The number of oxime groups is 1. The average molecular weight is 764 g/mol. The minimum Gasteiger partial charge on any atom is -0.542 e. The van der Waals surface area contributed by atoms with E-state index in [1.54, 1.807) is 6.07 Å². The minimum absolute atomic E-state index is 0.0192. The molecule has 3 aliphatic rings. The average Bonchev–Trinajstić information content (AvgIpc) is 3.76. The van der Waals surface area contributed by atoms with Crippen molar-refractivity contribution in [3.8, 4) is 0 Å². The zero-order chi connectivity index (χ0) is 37.3. The fourth-order valence-corrected chi connectivity index (χ4v) is 7.41. The number of thiazole rings is 1. The molecule has 0 radical (unpaired) electrons. The zero-order valence-corrected chi connectivity index (χ0v) is 28.2. The molecule has 9 N–H and O–H groups in total. The fourth-order valence-electron chi connectivity index (χ4n) is 4.28. The van der Waals surface area contributed by atoms with Crippen LogP contribution < -0.4 is 32.2 Å². The van der Waals surface area contributed by atoms with E-state index in [0.29, 0.717) is 16.5 Å². The number of hydrogen-bond acceptors (Lipinski definition) is 16. The first kappa shape index (κ1) is 38.0. The number of nitrogen functional groups attached to an aromatic ring is 3. The van der Waals surface area contributed by atoms with E-state index in [0.717, 1.165) is 29.1 Å². The Labute approximate surface area is 291 Å². The molecule has 2 aromatic heterocycles. The SMILES string of the molecule is CC(C)(O/N=C(\C(=O)NC1C(=O)N2C(C(=O)O)=C(CSc3nc(N)cc(N)[n+]3C3CC3)CSC12)c1csc(N)n1)C(=O)O.O=C([O-])C(F)(F)F. The molecule has 0 aromatic carbocycles. The van der Waals surface area contributed by atoms with Crippen LogP contribution in [0.1, 0.15) is 38.4 Å². The van der Waals surface area contributed by atoms with Gasteiger partial charge in [0.2, 0.25) is 17.2 Å². The summed E-state index contributed by atoms with van der Waals surface area (Å²) >= 11 is 3.60. The molecule has 24 heteroatoms. The van der Waals surface area contributed by atoms with Crippen LogP contribution in [0.25, 0.3) is 0 Å². The largest absolute Gasteiger partial charge is 0.542 e. The van der Waals surface area contributed by atoms with Crippen LogP contribution in [0.2, 0.25) is 0 Å². The van der Waals surface area contributed by atoms with Crippen molar-refractivity contribution in [2.75, 3.05) is 28.7 Å². The van der Waals surface area contributed by atoms with Gasteiger partial charge in [0.25, 0.3) is 11.8 Å². The second-order valence-corrected chi connectivity index (χ2v) is 14.0. The summed E-state index contributed by atoms with van der Waals surface area (Å²) in [7, 11) is 0. The van der Waals surface area contributed by atoms with E-state index >= 15 is 0 Å². The van der Waals surface area contributed by atoms with Crippen LogP contribution in [0.5, 0.6) is 0 Å². The number of carboxylic acid groups (broad SMARTS) is 3. The Hall–Kier alpha value is -4.84. The van der Waals surface area contributed by atoms with Crippen LogP contribution in [-0.2, 0) is 28.8 Å². The van der Waals surface area contributed by atoms with Crippen LogP contribution in [-0.4, -0.2) is 95.2 Å². The molecule has 18 nitrogen and oxygen atoms in total. The van der Waals surface area contributed by atoms with Crippen molar-refractivity contribution < 1.29 is 61.9 Å². The number of carboxylic acids is 3. The van der Waals surface area contributed by atoms with Crippen molar-refractivity contribution in [3.05, 3.63) is 28.4 Å². The zero-order valence-electron chi connectivity index (χ0n) is 25.8. The van der Waals surface area contributed by atoms with Crippen molar-refractivity contribution in [1.29, 1.82) is 0 Å². The van der Waals surface area contributed by atoms with Crippen LogP contribution in [0.4, 0.5) is 29.9 Å². The monoisotopic (exact) mass is 763 g/mol. The lowest BCUT2D eigenvalue weighted by molar-refractivity contribution is -0.726. The van der Waals surface area contributed by atoms with Gasteiger partial charge in [-0.05, 0) is 44.0 Å². The Bertz CT molecular complexity index is 1800. The standard InChI is InChI=1S/C24H27N9O7S3.C2HF3O2/c1-24(2,21(38)39)40-31-14(11-8-42-22(27)28-11)17(34)30-15-18(35)33-16(20(36)37)9(6-41-19(15)33)7-43-23-29-12(25)5-13(26)32(23)10-3-4-10;3-2(4,5)1(6)7/h5,8,10,15,19H,3-4,6-7H2,1-2H3,(H8,25,26,27,28,30,34,36,37,38,39);(H,6,7)/b31-14-;. The van der Waals surface area contributed by atoms with Crippen LogP contribution in [0, 0.1) is 0 Å². The van der Waals surface area contributed by atoms with Gasteiger partial charge in [-0.1, -0.05) is 10.1 Å². The molecule has 2 aliphatic heterocycles. The van der Waals surface area contributed by atoms with Crippen molar-refractivity contribution in [2.45, 2.75) is 61.1 Å². The molecule has 2 atom stereocenters. The highest BCUT2D eigenvalue weighted by atomic mass is 32.2. The molecule has 1 saturated carbocycles. The maximum atomic E-state index is 13.3. The molecule has 1 aliphatic carbocycles. The molecular weight excluding hydrogens is 736 g/mol. The molecule has 2 amide bonds. The number of halogens is 3. The number of nitrogens with one attached hydrogen (secondary N) is 1. The number of nitrogens with zero attached hydrogens (tertiary/aromatic N) is 5. The first-order valence-corrected chi connectivity index (χ1v) is 16.9. The summed E-state index contributed by atoms with van der Waals surface area (Å²) in [5.41, 5.74) is 16.0. The van der Waals surface area contributed by atoms with E-state index in [-0.39, 0.29) is 39.9 Å². The molecule has 5 rings (SSSR count). The molecular formula is C26H28F3N9O9S3. The number of β-lactam (4-membered cyclic amide) rings is 1. The summed E-state index contributed by atoms with van der Waals surface area (Å²) in [6, 6.07) is 0.712. The molecule has 2 unspecified atom stereocenters. The summed E-state index contributed by atoms with van der Waals surface area (Å²) in [5, 5.41) is 35.9. The van der Waals surface area contributed by atoms with Gasteiger partial charge in [-0.2, -0.15) is 13.2 Å². The summed E-state index contributed by atoms with van der Waals surface area (Å²) in [6.07, 6.45) is -3.29. The van der Waals surface area contributed by atoms with Gasteiger partial charge in [0.1, 0.15) is 28.8 Å². The number of nitrogens with two attached hydrogens (primary N) is 3. The van der Waals surface area contributed by atoms with Gasteiger partial charge >= 0.3 is 23.3 Å². The fraction of sp³-hybridized carbons (Fsp3) is 0.423. The topological polar surface area (TPSA) is 293 Å². The van der Waals surface area contributed by atoms with E-state index in [1.807, 2.05) is 4.57 Å². The maximum Gasteiger partial charge on any atom is 0.430 e. The molecule has 2 aromatic rings. The quantitative estimate of drug-likeness (QED) is 0.0413. The van der Waals surface area contributed by atoms with Crippen molar-refractivity contribution in [3.63, 3.8) is 0 Å². The van der Waals surface area contributed by atoms with E-state index in [2.05, 4.69) is 20.4 Å². The van der Waals surface area contributed by atoms with Gasteiger partial charge in [0.15, 0.2) is 10.8 Å². The highest BCUT2D eigenvalue weighted by Gasteiger charge is 2.54. The highest BCUT2D eigenvalue weighted by Crippen LogP contribution is 2.42. The lowest BCUT2D eigenvalue weighted by Gasteiger charge is -2.49. The predicted octanol–water partition coefficient (Wildman–Crippen LogP) is -0.679. The summed E-state index contributed by atoms with van der Waals surface area (Å²) in [4.78, 5) is 73.7. The molecule has 270 valence electrons. The van der Waals surface area contributed by atoms with Gasteiger partial charge in [0.05, 0.1) is 12.1 Å². The lowest BCUT2D eigenvalue weighted by Crippen LogP contribution is -2.71. The number of anilines is 3. The van der Waals surface area contributed by atoms with Gasteiger partial charge in [0, 0.05) is 16.9 Å². The van der Waals surface area contributed by atoms with E-state index < -0.39 is 58.6 Å². The van der Waals surface area contributed by atoms with Gasteiger partial charge in [-0.25, -0.2) is 19.1 Å². The third kappa shape index (κ3) is 8.47. The molecule has 50 heavy (non-hydrogen) atoms. The number of rotatable bonds is 11. The Morgan fingerprint density at radius 2 is 1.84 bits per heavy atom. The molecule has 1 saturated heterocycles. The summed E-state index contributed by atoms with van der Waals surface area (Å²) < 4.78 is 33.4. The van der Waals surface area contributed by atoms with Crippen molar-refractivity contribution in [1.82, 2.24) is 20.2 Å². The third-order valence-corrected chi connectivity index (χ3v) is 9.97. The Kier molecular flexibility index (Phi) is 11.1. The Balaban J connectivity index is 0.000000727. The number of thioether (sulfide) groups is 2. The maximum absolute atomic E-state index is 13.3. The number of hydrogen-bond donors (Lipinski definition) is 6. The lowest BCUT2D eigenvalue weighted by atomic mass is 10.0. The predicted molar refractivity (Wildman–Crippen MR) is 169 cm³/mol. The van der Waals surface area contributed by atoms with Gasteiger partial charge in [-0.15, -0.1) is 23.1 Å². The van der Waals surface area contributed by atoms with Gasteiger partial charge < -0.3 is 47.5 Å². The normalized spacial score (nSPS) is 19.1. The number of aliphatic carboxylic acids is 3. The Morgan fingerprint density at radius 3 is 2.36 bits per heavy atom. The smallest absolute Gasteiger partial charge is 0.430 e. The highest BCUT2D eigenvalue weighted by molar-refractivity contribution is 8.01. The number of aromatic nitrogens is 3. The Morgan fingerprint density at radius 1 is 1.20 bits per heavy atom. The second kappa shape index (κ2) is 14.6. The number of alkyl halides is 3. The summed E-state index contributed by atoms with van der Waals surface area (Å²) in [6.45, 7) is 2.49. The van der Waals surface area contributed by atoms with Crippen LogP contribution >= 0.6 is 34.9 Å². The van der Waals surface area contributed by atoms with Gasteiger partial charge in [-0.3, -0.25) is 14.5 Å². The molecule has 2 fully saturated rings. The van der Waals surface area contributed by atoms with E-state index in [1.165, 1.54) is 42.8 Å². The number of carbonyl (C=O) groups is 5. The number of carbonyl (C=O) groups excluding carboxylic acids is 3. The first-order valence-electron chi connectivity index (χ1n) is 14.0. The van der Waals surface area contributed by atoms with E-state index in [4.69, 9.17) is 31.9 Å². The van der Waals surface area contributed by atoms with Crippen LogP contribution in [0.3, 0.4) is 0 Å². The molecule has 0 bridgehead atoms. The van der Waals surface area contributed by atoms with E-state index in [9.17, 15) is 42.6 Å². The summed E-state index contributed by atoms with van der Waals surface area (Å²) in [5.74, 6) is -5.89. The second-order valence-electron chi connectivity index (χ2n) is 11.1. The number of fused-ring (bicyclic) bond motifs is 1. The van der Waals surface area contributed by atoms with Crippen molar-refractivity contribution >= 4 is 87.1 Å². The number of amides is 2. The first-order chi connectivity index (χ1) is 23.2. The molecule has 0 spiro atoms. The molecule has 4 heterocycles. The third-order valence-electron chi connectivity index (χ3n) is 6.92. The minimum atomic E-state index is -5.19.